The normalized spacial score (nSPS) is 11.7. The van der Waals surface area contributed by atoms with Gasteiger partial charge in [-0.1, -0.05) is 123 Å². The topological polar surface area (TPSA) is 273 Å². The number of aromatic nitrogens is 18. The molecule has 24 nitrogen and oxygen atoms in total. The largest absolute Gasteiger partial charge is 0.485 e. The predicted octanol–water partition coefficient (Wildman–Crippen LogP) is 21.1. The number of carbonyl (C=O) groups is 1. The van der Waals surface area contributed by atoms with Crippen molar-refractivity contribution in [1.29, 1.82) is 0 Å². The smallest absolute Gasteiger partial charge is 0.234 e. The van der Waals surface area contributed by atoms with Gasteiger partial charge in [0.15, 0.2) is 11.4 Å². The first-order valence-electron chi connectivity index (χ1n) is 40.5. The zero-order valence-electron chi connectivity index (χ0n) is 70.4. The van der Waals surface area contributed by atoms with E-state index < -0.39 is 0 Å². The van der Waals surface area contributed by atoms with E-state index in [1.807, 2.05) is 152 Å². The van der Waals surface area contributed by atoms with Crippen LogP contribution in [0, 0.1) is 39.5 Å². The number of imidazole rings is 4. The van der Waals surface area contributed by atoms with E-state index >= 15 is 0 Å². The molecule has 0 radical (unpaired) electrons. The first-order valence-corrected chi connectivity index (χ1v) is 40.5. The standard InChI is InChI=1S/C29H28FN5O.C26H20FN5O.2C21H21FN6/c1-29(2,3)19-32-28-31-16-15-23(33-28)26-25(21-11-13-22(30)14-12-21)34-27-24(10-7-17-35(26)27)36-18-20-8-5-4-6-9-20;1-17(19-5-3-2-4-6-19)29-26-28-13-11-22(30-26)25-24(20-7-9-21(27)10-8-20)31-23-15-18(16-33)12-14-32(23)25;1-21(2,3)13-25-19-23-11-9-16(26-19)17-18(14-5-7-15(22)8-6-14)28-12-4-10-24-20(28)27-17;1-21(2,3)13-25-19-23-11-9-16(26-19)18-17(14-5-7-15(22)8-6-14)27-20-24-10-4-12-28(18)20/h4-17H,18-19H2,1-3H3,(H,31,32,33);2-17H,1H3,(H,28,29,30);2*4-12H,13H2,1-3H3,(H,23,25,26)/t;17-;;/m.0../s1. The Bertz CT molecular complexity index is 6740. The minimum Gasteiger partial charge on any atom is -0.485 e. The van der Waals surface area contributed by atoms with Crippen molar-refractivity contribution in [2.75, 3.05) is 40.9 Å². The monoisotopic (exact) mass is 1670 g/mol. The molecule has 0 saturated heterocycles. The second-order valence-electron chi connectivity index (χ2n) is 33.1. The summed E-state index contributed by atoms with van der Waals surface area (Å²) in [5, 5.41) is 13.2. The molecule has 12 heterocycles. The molecule has 0 fully saturated rings. The van der Waals surface area contributed by atoms with E-state index in [0.717, 1.165) is 82.1 Å². The number of anilines is 4. The number of ether oxygens (including phenoxy) is 1. The molecule has 0 amide bonds. The second-order valence-corrected chi connectivity index (χ2v) is 33.1. The molecule has 0 aliphatic heterocycles. The molecule has 18 aromatic rings. The van der Waals surface area contributed by atoms with Gasteiger partial charge in [-0.2, -0.15) is 0 Å². The van der Waals surface area contributed by atoms with Crippen molar-refractivity contribution < 1.29 is 27.1 Å². The van der Waals surface area contributed by atoms with Crippen molar-refractivity contribution in [2.45, 2.75) is 81.9 Å². The lowest BCUT2D eigenvalue weighted by atomic mass is 9.97. The van der Waals surface area contributed by atoms with Crippen molar-refractivity contribution >= 4 is 52.9 Å². The third-order valence-electron chi connectivity index (χ3n) is 19.5. The molecule has 0 aliphatic rings. The molecule has 628 valence electrons. The molecule has 4 N–H and O–H groups in total. The lowest BCUT2D eigenvalue weighted by molar-refractivity contribution is 0.112. The van der Waals surface area contributed by atoms with Gasteiger partial charge in [0.2, 0.25) is 35.3 Å². The summed E-state index contributed by atoms with van der Waals surface area (Å²) in [5.41, 5.74) is 15.9. The summed E-state index contributed by atoms with van der Waals surface area (Å²) >= 11 is 0. The van der Waals surface area contributed by atoms with E-state index in [-0.39, 0.29) is 45.6 Å². The highest BCUT2D eigenvalue weighted by atomic mass is 19.1. The van der Waals surface area contributed by atoms with E-state index in [1.165, 1.54) is 48.5 Å². The molecule has 12 aromatic heterocycles. The average molecular weight is 1670 g/mol. The van der Waals surface area contributed by atoms with Crippen LogP contribution in [0.15, 0.2) is 280 Å². The maximum Gasteiger partial charge on any atom is 0.234 e. The fourth-order valence-corrected chi connectivity index (χ4v) is 13.4. The van der Waals surface area contributed by atoms with Gasteiger partial charge in [0.1, 0.15) is 58.9 Å². The molecule has 0 spiro atoms. The number of benzene rings is 6. The summed E-state index contributed by atoms with van der Waals surface area (Å²) in [6, 6.07) is 63.4. The lowest BCUT2D eigenvalue weighted by Gasteiger charge is -2.18. The molecule has 18 rings (SSSR count). The number of hydrogen-bond acceptors (Lipinski definition) is 20. The average Bonchev–Trinajstić information content (AvgIpc) is 1.59. The summed E-state index contributed by atoms with van der Waals surface area (Å²) in [6.07, 6.45) is 18.5. The van der Waals surface area contributed by atoms with Crippen LogP contribution >= 0.6 is 0 Å². The highest BCUT2D eigenvalue weighted by Crippen LogP contribution is 2.39. The highest BCUT2D eigenvalue weighted by Gasteiger charge is 2.26. The van der Waals surface area contributed by atoms with Crippen LogP contribution in [0.5, 0.6) is 5.75 Å². The third kappa shape index (κ3) is 21.0. The minimum atomic E-state index is -0.323. The number of carbonyl (C=O) groups excluding carboxylic acids is 1. The Hall–Kier alpha value is -15.4. The van der Waals surface area contributed by atoms with Gasteiger partial charge in [0.05, 0.1) is 57.3 Å². The molecule has 0 unspecified atom stereocenters. The summed E-state index contributed by atoms with van der Waals surface area (Å²) in [7, 11) is 0. The molecule has 6 aromatic carbocycles. The van der Waals surface area contributed by atoms with E-state index in [2.05, 4.69) is 133 Å². The highest BCUT2D eigenvalue weighted by molar-refractivity contribution is 5.86. The summed E-state index contributed by atoms with van der Waals surface area (Å²) < 4.78 is 67.9. The van der Waals surface area contributed by atoms with Crippen LogP contribution < -0.4 is 26.0 Å². The van der Waals surface area contributed by atoms with Crippen LogP contribution in [0.3, 0.4) is 0 Å². The molecule has 1 atom stereocenters. The number of nitrogens with zero attached hydrogens (tertiary/aromatic N) is 18. The Morgan fingerprint density at radius 2 is 0.776 bits per heavy atom. The zero-order valence-corrected chi connectivity index (χ0v) is 70.4. The van der Waals surface area contributed by atoms with Crippen LogP contribution in [0.2, 0.25) is 0 Å². The Labute approximate surface area is 719 Å². The van der Waals surface area contributed by atoms with Gasteiger partial charge in [0.25, 0.3) is 0 Å². The molecule has 28 heteroatoms. The van der Waals surface area contributed by atoms with Crippen LogP contribution in [-0.2, 0) is 6.61 Å². The van der Waals surface area contributed by atoms with Gasteiger partial charge in [-0.05, 0) is 192 Å². The van der Waals surface area contributed by atoms with Crippen molar-refractivity contribution in [3.8, 4) is 96.3 Å². The number of aldehydes is 1. The lowest BCUT2D eigenvalue weighted by Crippen LogP contribution is -2.20. The molecular weight excluding hydrogens is 1580 g/mol. The number of rotatable bonds is 21. The van der Waals surface area contributed by atoms with Gasteiger partial charge in [-0.15, -0.1) is 0 Å². The number of nitrogens with one attached hydrogen (secondary N) is 4. The van der Waals surface area contributed by atoms with Crippen LogP contribution in [0.1, 0.15) is 96.8 Å². The molecule has 125 heavy (non-hydrogen) atoms. The zero-order chi connectivity index (χ0) is 87.4. The Kier molecular flexibility index (Phi) is 25.3. The summed E-state index contributed by atoms with van der Waals surface area (Å²) in [5.74, 6) is 2.68. The van der Waals surface area contributed by atoms with E-state index in [4.69, 9.17) is 24.7 Å². The fraction of sp³-hybridized carbons (Fsp3) is 0.186. The first-order chi connectivity index (χ1) is 60.3. The van der Waals surface area contributed by atoms with E-state index in [0.29, 0.717) is 110 Å². The molecule has 0 saturated carbocycles. The van der Waals surface area contributed by atoms with Crippen molar-refractivity contribution in [3.63, 3.8) is 0 Å². The molecule has 0 bridgehead atoms. The van der Waals surface area contributed by atoms with Crippen molar-refractivity contribution in [1.82, 2.24) is 87.4 Å². The number of hydrogen-bond donors (Lipinski definition) is 4. The van der Waals surface area contributed by atoms with Gasteiger partial charge < -0.3 is 26.0 Å². The maximum atomic E-state index is 13.7. The van der Waals surface area contributed by atoms with Gasteiger partial charge >= 0.3 is 0 Å². The number of pyridine rings is 2. The van der Waals surface area contributed by atoms with Crippen LogP contribution in [0.4, 0.5) is 41.4 Å². The number of fused-ring (bicyclic) bond motifs is 4. The van der Waals surface area contributed by atoms with E-state index in [9.17, 15) is 22.4 Å². The molecular formula is C97H90F4N22O2. The quantitative estimate of drug-likeness (QED) is 0.0384. The minimum absolute atomic E-state index is 0.00959. The van der Waals surface area contributed by atoms with Crippen LogP contribution in [0.25, 0.3) is 113 Å². The van der Waals surface area contributed by atoms with Crippen molar-refractivity contribution in [2.24, 2.45) is 16.2 Å². The maximum absolute atomic E-state index is 13.7. The Morgan fingerprint density at radius 1 is 0.368 bits per heavy atom. The van der Waals surface area contributed by atoms with Gasteiger partial charge in [-0.3, -0.25) is 22.4 Å². The van der Waals surface area contributed by atoms with Crippen molar-refractivity contribution in [3.05, 3.63) is 320 Å². The van der Waals surface area contributed by atoms with E-state index in [1.54, 1.807) is 104 Å². The molecule has 0 aliphatic carbocycles. The van der Waals surface area contributed by atoms with Gasteiger partial charge in [-0.25, -0.2) is 87.3 Å². The van der Waals surface area contributed by atoms with Gasteiger partial charge in [0, 0.05) is 109 Å². The number of halogens is 4. The second kappa shape index (κ2) is 37.3. The SMILES string of the molecule is CC(C)(C)CNc1nccc(-c2c(-c3ccc(F)cc3)nc3c(OCc4ccccc4)cccn23)n1.CC(C)(C)CNc1nccc(-c2c(-c3ccc(F)cc3)nc3ncccn23)n1.CC(C)(C)CNc1nccc(-c2nc3ncccn3c2-c2ccc(F)cc2)n1.C[C@H](Nc1nccc(-c2c(-c3ccc(F)cc3)nc3cc(C=O)ccn23)n1)c1ccccc1. The summed E-state index contributed by atoms with van der Waals surface area (Å²) in [4.78, 5) is 75.3. The fourth-order valence-electron chi connectivity index (χ4n) is 13.4. The van der Waals surface area contributed by atoms with Crippen LogP contribution in [-0.4, -0.2) is 113 Å². The Morgan fingerprint density at radius 3 is 1.27 bits per heavy atom. The Balaban J connectivity index is 0.000000130. The summed E-state index contributed by atoms with van der Waals surface area (Å²) in [6.45, 7) is 24.0. The predicted molar refractivity (Wildman–Crippen MR) is 481 cm³/mol. The third-order valence-corrected chi connectivity index (χ3v) is 19.5. The first kappa shape index (κ1) is 84.7.